The summed E-state index contributed by atoms with van der Waals surface area (Å²) in [5.74, 6) is -0.972. The van der Waals surface area contributed by atoms with Crippen LogP contribution in [0.25, 0.3) is 0 Å². The smallest absolute Gasteiger partial charge is 0.241 e. The first-order chi connectivity index (χ1) is 15.4. The van der Waals surface area contributed by atoms with E-state index in [1.54, 1.807) is 60.7 Å². The van der Waals surface area contributed by atoms with Crippen LogP contribution in [0.4, 0.5) is 0 Å². The highest BCUT2D eigenvalue weighted by molar-refractivity contribution is 7.90. The SMILES string of the molecule is Cc1ccc(S(=O)(=O)NC(c2ccccc2)P(=O)(c2ccccc2)c2ccccc2)cc1. The number of benzene rings is 4. The highest BCUT2D eigenvalue weighted by Gasteiger charge is 2.40. The average Bonchev–Trinajstić information content (AvgIpc) is 2.84. The summed E-state index contributed by atoms with van der Waals surface area (Å²) in [6.07, 6.45) is 0. The molecule has 1 unspecified atom stereocenters. The zero-order valence-electron chi connectivity index (χ0n) is 17.6. The average molecular weight is 462 g/mol. The summed E-state index contributed by atoms with van der Waals surface area (Å²) in [5.41, 5.74) is 1.60. The molecule has 0 saturated carbocycles. The van der Waals surface area contributed by atoms with Crippen LogP contribution in [-0.2, 0) is 14.6 Å². The fourth-order valence-electron chi connectivity index (χ4n) is 3.67. The second-order valence-corrected chi connectivity index (χ2v) is 12.2. The summed E-state index contributed by atoms with van der Waals surface area (Å²) in [4.78, 5) is 0.136. The maximum atomic E-state index is 15.0. The van der Waals surface area contributed by atoms with Crippen LogP contribution in [0.1, 0.15) is 16.9 Å². The molecule has 0 bridgehead atoms. The summed E-state index contributed by atoms with van der Waals surface area (Å²) < 4.78 is 44.6. The molecule has 0 aliphatic rings. The first-order valence-electron chi connectivity index (χ1n) is 10.3. The molecule has 0 fully saturated rings. The largest absolute Gasteiger partial charge is 0.312 e. The molecule has 1 N–H and O–H groups in total. The lowest BCUT2D eigenvalue weighted by Gasteiger charge is -2.30. The highest BCUT2D eigenvalue weighted by Crippen LogP contribution is 2.56. The van der Waals surface area contributed by atoms with Crippen molar-refractivity contribution in [1.82, 2.24) is 4.72 Å². The summed E-state index contributed by atoms with van der Waals surface area (Å²) in [6.45, 7) is 1.90. The van der Waals surface area contributed by atoms with Crippen LogP contribution in [0, 0.1) is 6.92 Å². The molecular formula is C26H24NO3PS. The predicted molar refractivity (Wildman–Crippen MR) is 130 cm³/mol. The molecular weight excluding hydrogens is 437 g/mol. The van der Waals surface area contributed by atoms with E-state index in [-0.39, 0.29) is 4.90 Å². The number of nitrogens with one attached hydrogen (secondary N) is 1. The molecule has 0 spiro atoms. The van der Waals surface area contributed by atoms with Crippen LogP contribution in [0.15, 0.2) is 120 Å². The zero-order valence-corrected chi connectivity index (χ0v) is 19.3. The van der Waals surface area contributed by atoms with E-state index in [9.17, 15) is 13.0 Å². The summed E-state index contributed by atoms with van der Waals surface area (Å²) in [5, 5.41) is 1.18. The lowest BCUT2D eigenvalue weighted by Crippen LogP contribution is -2.34. The molecule has 4 rings (SSSR count). The van der Waals surface area contributed by atoms with Crippen molar-refractivity contribution in [1.29, 1.82) is 0 Å². The minimum atomic E-state index is -3.95. The van der Waals surface area contributed by atoms with Gasteiger partial charge in [0, 0.05) is 10.6 Å². The van der Waals surface area contributed by atoms with Gasteiger partial charge in [0.1, 0.15) is 5.78 Å². The van der Waals surface area contributed by atoms with E-state index in [0.29, 0.717) is 16.2 Å². The third kappa shape index (κ3) is 4.46. The maximum Gasteiger partial charge on any atom is 0.241 e. The van der Waals surface area contributed by atoms with Crippen LogP contribution >= 0.6 is 7.14 Å². The molecule has 0 aliphatic carbocycles. The van der Waals surface area contributed by atoms with E-state index < -0.39 is 22.9 Å². The van der Waals surface area contributed by atoms with Gasteiger partial charge >= 0.3 is 0 Å². The van der Waals surface area contributed by atoms with Gasteiger partial charge in [-0.2, -0.15) is 4.72 Å². The lowest BCUT2D eigenvalue weighted by molar-refractivity contribution is 0.560. The van der Waals surface area contributed by atoms with E-state index in [1.165, 1.54) is 0 Å². The second-order valence-electron chi connectivity index (χ2n) is 7.58. The normalized spacial score (nSPS) is 12.9. The van der Waals surface area contributed by atoms with Gasteiger partial charge < -0.3 is 4.57 Å². The van der Waals surface area contributed by atoms with Crippen molar-refractivity contribution in [3.8, 4) is 0 Å². The van der Waals surface area contributed by atoms with Gasteiger partial charge in [0.25, 0.3) is 0 Å². The monoisotopic (exact) mass is 461 g/mol. The van der Waals surface area contributed by atoms with Crippen molar-refractivity contribution in [3.63, 3.8) is 0 Å². The predicted octanol–water partition coefficient (Wildman–Crippen LogP) is 4.99. The van der Waals surface area contributed by atoms with Crippen molar-refractivity contribution < 1.29 is 13.0 Å². The zero-order chi connectivity index (χ0) is 22.6. The van der Waals surface area contributed by atoms with Gasteiger partial charge in [-0.25, -0.2) is 8.42 Å². The maximum absolute atomic E-state index is 15.0. The Labute approximate surface area is 189 Å². The van der Waals surface area contributed by atoms with E-state index in [1.807, 2.05) is 61.5 Å². The van der Waals surface area contributed by atoms with Crippen molar-refractivity contribution in [2.24, 2.45) is 0 Å². The molecule has 162 valence electrons. The molecule has 4 nitrogen and oxygen atoms in total. The van der Waals surface area contributed by atoms with E-state index in [0.717, 1.165) is 5.56 Å². The molecule has 32 heavy (non-hydrogen) atoms. The summed E-state index contributed by atoms with van der Waals surface area (Å²) >= 11 is 0. The number of aryl methyl sites for hydroxylation is 1. The number of sulfonamides is 1. The van der Waals surface area contributed by atoms with Gasteiger partial charge in [-0.1, -0.05) is 109 Å². The Morgan fingerprint density at radius 1 is 0.656 bits per heavy atom. The van der Waals surface area contributed by atoms with Crippen LogP contribution in [0.3, 0.4) is 0 Å². The van der Waals surface area contributed by atoms with Crippen LogP contribution in [0.5, 0.6) is 0 Å². The number of hydrogen-bond acceptors (Lipinski definition) is 3. The molecule has 0 saturated heterocycles. The molecule has 0 radical (unpaired) electrons. The molecule has 0 heterocycles. The van der Waals surface area contributed by atoms with E-state index >= 15 is 0 Å². The van der Waals surface area contributed by atoms with Gasteiger partial charge in [-0.05, 0) is 24.6 Å². The third-order valence-corrected chi connectivity index (χ3v) is 10.3. The van der Waals surface area contributed by atoms with Crippen molar-refractivity contribution in [2.75, 3.05) is 0 Å². The van der Waals surface area contributed by atoms with Gasteiger partial charge in [0.15, 0.2) is 7.14 Å². The van der Waals surface area contributed by atoms with Gasteiger partial charge in [0.05, 0.1) is 4.90 Å². The molecule has 0 amide bonds. The first-order valence-corrected chi connectivity index (χ1v) is 13.5. The first kappa shape index (κ1) is 22.2. The molecule has 4 aromatic carbocycles. The molecule has 0 aromatic heterocycles. The Kier molecular flexibility index (Phi) is 6.43. The Balaban J connectivity index is 1.92. The quantitative estimate of drug-likeness (QED) is 0.395. The molecule has 4 aromatic rings. The topological polar surface area (TPSA) is 63.2 Å². The minimum Gasteiger partial charge on any atom is -0.312 e. The van der Waals surface area contributed by atoms with Crippen LogP contribution in [-0.4, -0.2) is 8.42 Å². The molecule has 0 aliphatic heterocycles. The van der Waals surface area contributed by atoms with E-state index in [2.05, 4.69) is 4.72 Å². The lowest BCUT2D eigenvalue weighted by atomic mass is 10.2. The fourth-order valence-corrected chi connectivity index (χ4v) is 8.45. The van der Waals surface area contributed by atoms with Crippen molar-refractivity contribution in [2.45, 2.75) is 17.6 Å². The van der Waals surface area contributed by atoms with Gasteiger partial charge in [-0.3, -0.25) is 0 Å². The third-order valence-electron chi connectivity index (χ3n) is 5.36. The second kappa shape index (κ2) is 9.25. The molecule has 1 atom stereocenters. The number of rotatable bonds is 7. The fraction of sp³-hybridized carbons (Fsp3) is 0.0769. The minimum absolute atomic E-state index is 0.136. The standard InChI is InChI=1S/C26H24NO3PS/c1-21-17-19-25(20-18-21)32(29,30)27-26(22-11-5-2-6-12-22)31(28,23-13-7-3-8-14-23)24-15-9-4-10-16-24/h2-20,26-27H,1H3. The van der Waals surface area contributed by atoms with Gasteiger partial charge in [0.2, 0.25) is 10.0 Å². The Morgan fingerprint density at radius 2 is 1.09 bits per heavy atom. The van der Waals surface area contributed by atoms with Crippen LogP contribution < -0.4 is 15.3 Å². The van der Waals surface area contributed by atoms with Gasteiger partial charge in [-0.15, -0.1) is 0 Å². The Bertz CT molecular complexity index is 1280. The Hall–Kier alpha value is -2.98. The van der Waals surface area contributed by atoms with Crippen LogP contribution in [0.2, 0.25) is 0 Å². The number of hydrogen-bond donors (Lipinski definition) is 1. The summed E-state index contributed by atoms with van der Waals surface area (Å²) in [6, 6.07) is 33.9. The molecule has 6 heteroatoms. The highest BCUT2D eigenvalue weighted by atomic mass is 32.2. The van der Waals surface area contributed by atoms with Crippen molar-refractivity contribution in [3.05, 3.63) is 126 Å². The van der Waals surface area contributed by atoms with Crippen molar-refractivity contribution >= 4 is 27.8 Å². The van der Waals surface area contributed by atoms with E-state index in [4.69, 9.17) is 0 Å². The Morgan fingerprint density at radius 3 is 1.56 bits per heavy atom. The summed E-state index contributed by atoms with van der Waals surface area (Å²) in [7, 11) is -7.42.